The number of nitrogens with one attached hydrogen (secondary N) is 2. The highest BCUT2D eigenvalue weighted by molar-refractivity contribution is 7.80. The third kappa shape index (κ3) is 5.29. The first-order chi connectivity index (χ1) is 13.0. The van der Waals surface area contributed by atoms with Gasteiger partial charge in [-0.3, -0.25) is 0 Å². The molecular weight excluding hydrogens is 400 g/mol. The molecule has 0 radical (unpaired) electrons. The van der Waals surface area contributed by atoms with Crippen LogP contribution in [0.2, 0.25) is 5.02 Å². The van der Waals surface area contributed by atoms with E-state index >= 15 is 0 Å². The van der Waals surface area contributed by atoms with Crippen molar-refractivity contribution in [3.8, 4) is 0 Å². The van der Waals surface area contributed by atoms with Crippen LogP contribution in [0.4, 0.5) is 10.7 Å². The van der Waals surface area contributed by atoms with Gasteiger partial charge in [0.25, 0.3) is 0 Å². The van der Waals surface area contributed by atoms with Crippen molar-refractivity contribution in [2.24, 2.45) is 0 Å². The summed E-state index contributed by atoms with van der Waals surface area (Å²) < 4.78 is 4.90. The number of rotatable bonds is 5. The van der Waals surface area contributed by atoms with Crippen molar-refractivity contribution >= 4 is 56.9 Å². The third-order valence-corrected chi connectivity index (χ3v) is 5.21. The minimum absolute atomic E-state index is 0.371. The fraction of sp³-hybridized carbons (Fsp3) is 0.100. The molecule has 0 bridgehead atoms. The topological polar surface area (TPSA) is 50.4 Å². The van der Waals surface area contributed by atoms with E-state index in [-0.39, 0.29) is 0 Å². The fourth-order valence-corrected chi connectivity index (χ4v) is 4.07. The Morgan fingerprint density at radius 3 is 2.59 bits per heavy atom. The SMILES string of the molecule is COC(=O)c1cc(Cc2ccccc2)sc1NC(=S)Nc1cccc(Cl)c1. The number of thiocarbonyl (C=S) groups is 1. The number of benzene rings is 2. The highest BCUT2D eigenvalue weighted by Crippen LogP contribution is 2.31. The van der Waals surface area contributed by atoms with Crippen LogP contribution in [-0.4, -0.2) is 18.2 Å². The second kappa shape index (κ2) is 8.99. The Labute approximate surface area is 172 Å². The molecule has 0 saturated heterocycles. The van der Waals surface area contributed by atoms with Crippen LogP contribution in [0.5, 0.6) is 0 Å². The molecule has 2 aromatic carbocycles. The number of hydrogen-bond acceptors (Lipinski definition) is 4. The summed E-state index contributed by atoms with van der Waals surface area (Å²) >= 11 is 12.8. The van der Waals surface area contributed by atoms with Crippen molar-refractivity contribution in [1.29, 1.82) is 0 Å². The fourth-order valence-electron chi connectivity index (χ4n) is 2.51. The van der Waals surface area contributed by atoms with Gasteiger partial charge >= 0.3 is 5.97 Å². The Morgan fingerprint density at radius 1 is 1.11 bits per heavy atom. The molecule has 1 aromatic heterocycles. The number of halogens is 1. The van der Waals surface area contributed by atoms with Crippen LogP contribution < -0.4 is 10.6 Å². The Bertz CT molecular complexity index is 958. The molecule has 27 heavy (non-hydrogen) atoms. The van der Waals surface area contributed by atoms with E-state index in [1.165, 1.54) is 24.0 Å². The molecule has 0 aliphatic carbocycles. The van der Waals surface area contributed by atoms with Gasteiger partial charge in [-0.15, -0.1) is 11.3 Å². The first kappa shape index (κ1) is 19.4. The number of hydrogen-bond donors (Lipinski definition) is 2. The van der Waals surface area contributed by atoms with E-state index in [0.29, 0.717) is 20.7 Å². The summed E-state index contributed by atoms with van der Waals surface area (Å²) in [6.45, 7) is 0. The highest BCUT2D eigenvalue weighted by Gasteiger charge is 2.18. The number of anilines is 2. The van der Waals surface area contributed by atoms with E-state index in [0.717, 1.165) is 17.0 Å². The molecule has 1 heterocycles. The van der Waals surface area contributed by atoms with E-state index in [1.807, 2.05) is 36.4 Å². The Balaban J connectivity index is 1.78. The van der Waals surface area contributed by atoms with Gasteiger partial charge in [0.05, 0.1) is 12.7 Å². The van der Waals surface area contributed by atoms with Gasteiger partial charge in [-0.05, 0) is 42.0 Å². The van der Waals surface area contributed by atoms with Gasteiger partial charge in [-0.25, -0.2) is 4.79 Å². The molecule has 2 N–H and O–H groups in total. The average molecular weight is 417 g/mol. The van der Waals surface area contributed by atoms with Gasteiger partial charge in [0.1, 0.15) is 5.00 Å². The first-order valence-electron chi connectivity index (χ1n) is 8.13. The molecule has 138 valence electrons. The number of carbonyl (C=O) groups is 1. The molecule has 0 atom stereocenters. The smallest absolute Gasteiger partial charge is 0.340 e. The van der Waals surface area contributed by atoms with E-state index in [9.17, 15) is 4.79 Å². The standard InChI is InChI=1S/C20H17ClN2O2S2/c1-25-19(24)17-12-16(10-13-6-3-2-4-7-13)27-18(17)23-20(26)22-15-9-5-8-14(21)11-15/h2-9,11-12H,10H2,1H3,(H2,22,23,26). The summed E-state index contributed by atoms with van der Waals surface area (Å²) in [7, 11) is 1.36. The lowest BCUT2D eigenvalue weighted by Crippen LogP contribution is -2.19. The zero-order valence-electron chi connectivity index (χ0n) is 14.5. The molecule has 4 nitrogen and oxygen atoms in total. The lowest BCUT2D eigenvalue weighted by Gasteiger charge is -2.10. The maximum Gasteiger partial charge on any atom is 0.340 e. The average Bonchev–Trinajstić information content (AvgIpc) is 3.04. The van der Waals surface area contributed by atoms with Crippen molar-refractivity contribution in [3.63, 3.8) is 0 Å². The quantitative estimate of drug-likeness (QED) is 0.419. The van der Waals surface area contributed by atoms with Crippen molar-refractivity contribution in [1.82, 2.24) is 0 Å². The summed E-state index contributed by atoms with van der Waals surface area (Å²) in [4.78, 5) is 13.2. The number of ether oxygens (including phenoxy) is 1. The third-order valence-electron chi connectivity index (χ3n) is 3.72. The Kier molecular flexibility index (Phi) is 6.45. The second-order valence-electron chi connectivity index (χ2n) is 5.70. The van der Waals surface area contributed by atoms with Crippen LogP contribution in [-0.2, 0) is 11.2 Å². The summed E-state index contributed by atoms with van der Waals surface area (Å²) in [5, 5.41) is 7.79. The molecule has 0 amide bonds. The summed E-state index contributed by atoms with van der Waals surface area (Å²) in [6, 6.07) is 19.2. The van der Waals surface area contributed by atoms with Crippen molar-refractivity contribution in [2.75, 3.05) is 17.7 Å². The molecule has 0 saturated carbocycles. The van der Waals surface area contributed by atoms with E-state index in [4.69, 9.17) is 28.6 Å². The van der Waals surface area contributed by atoms with Crippen LogP contribution in [0.1, 0.15) is 20.8 Å². The zero-order chi connectivity index (χ0) is 19.2. The second-order valence-corrected chi connectivity index (χ2v) is 7.68. The number of carbonyl (C=O) groups excluding carboxylic acids is 1. The molecule has 0 aliphatic rings. The minimum atomic E-state index is -0.404. The largest absolute Gasteiger partial charge is 0.465 e. The highest BCUT2D eigenvalue weighted by atomic mass is 35.5. The molecule has 3 rings (SSSR count). The number of esters is 1. The Hall–Kier alpha value is -2.41. The van der Waals surface area contributed by atoms with Crippen LogP contribution in [0.25, 0.3) is 0 Å². The van der Waals surface area contributed by atoms with Crippen molar-refractivity contribution in [2.45, 2.75) is 6.42 Å². The maximum absolute atomic E-state index is 12.1. The van der Waals surface area contributed by atoms with E-state index in [1.54, 1.807) is 12.1 Å². The number of thiophene rings is 1. The normalized spacial score (nSPS) is 10.3. The van der Waals surface area contributed by atoms with Gasteiger partial charge in [-0.1, -0.05) is 48.0 Å². The lowest BCUT2D eigenvalue weighted by molar-refractivity contribution is 0.0602. The molecule has 3 aromatic rings. The number of methoxy groups -OCH3 is 1. The zero-order valence-corrected chi connectivity index (χ0v) is 16.9. The van der Waals surface area contributed by atoms with Gasteiger partial charge in [0.2, 0.25) is 0 Å². The Morgan fingerprint density at radius 2 is 1.89 bits per heavy atom. The molecule has 0 aliphatic heterocycles. The van der Waals surface area contributed by atoms with Gasteiger partial charge in [0, 0.05) is 22.0 Å². The molecular formula is C20H17ClN2O2S2. The molecule has 0 spiro atoms. The molecule has 7 heteroatoms. The minimum Gasteiger partial charge on any atom is -0.465 e. The summed E-state index contributed by atoms with van der Waals surface area (Å²) in [6.07, 6.45) is 0.728. The van der Waals surface area contributed by atoms with Gasteiger partial charge in [-0.2, -0.15) is 0 Å². The van der Waals surface area contributed by atoms with Crippen molar-refractivity contribution < 1.29 is 9.53 Å². The summed E-state index contributed by atoms with van der Waals surface area (Å²) in [5.74, 6) is -0.404. The van der Waals surface area contributed by atoms with Crippen LogP contribution >= 0.6 is 35.2 Å². The predicted molar refractivity (Wildman–Crippen MR) is 116 cm³/mol. The first-order valence-corrected chi connectivity index (χ1v) is 9.74. The van der Waals surface area contributed by atoms with Crippen molar-refractivity contribution in [3.05, 3.63) is 81.7 Å². The monoisotopic (exact) mass is 416 g/mol. The van der Waals surface area contributed by atoms with Crippen LogP contribution in [0, 0.1) is 0 Å². The lowest BCUT2D eigenvalue weighted by atomic mass is 10.1. The molecule has 0 fully saturated rings. The molecule has 0 unspecified atom stereocenters. The van der Waals surface area contributed by atoms with E-state index < -0.39 is 5.97 Å². The predicted octanol–water partition coefficient (Wildman–Crippen LogP) is 5.59. The van der Waals surface area contributed by atoms with Gasteiger partial charge in [0.15, 0.2) is 5.11 Å². The summed E-state index contributed by atoms with van der Waals surface area (Å²) in [5.41, 5.74) is 2.39. The maximum atomic E-state index is 12.1. The van der Waals surface area contributed by atoms with Crippen LogP contribution in [0.3, 0.4) is 0 Å². The van der Waals surface area contributed by atoms with Gasteiger partial charge < -0.3 is 15.4 Å². The van der Waals surface area contributed by atoms with E-state index in [2.05, 4.69) is 22.8 Å². The van der Waals surface area contributed by atoms with Crippen LogP contribution in [0.15, 0.2) is 60.7 Å².